The van der Waals surface area contributed by atoms with E-state index in [0.717, 1.165) is 12.5 Å². The van der Waals surface area contributed by atoms with Gasteiger partial charge in [-0.1, -0.05) is 49.7 Å². The van der Waals surface area contributed by atoms with E-state index in [2.05, 4.69) is 54.3 Å². The number of fused-ring (bicyclic) bond motifs is 1. The second kappa shape index (κ2) is 5.94. The molecule has 0 radical (unpaired) electrons. The van der Waals surface area contributed by atoms with Gasteiger partial charge in [0, 0.05) is 19.1 Å². The molecule has 0 aromatic heterocycles. The van der Waals surface area contributed by atoms with Crippen molar-refractivity contribution < 1.29 is 0 Å². The molecule has 1 aliphatic heterocycles. The summed E-state index contributed by atoms with van der Waals surface area (Å²) in [7, 11) is 0. The lowest BCUT2D eigenvalue weighted by Gasteiger charge is -2.21. The minimum absolute atomic E-state index is 0.121. The number of hydrogen-bond acceptors (Lipinski definition) is 2. The fourth-order valence-corrected chi connectivity index (χ4v) is 3.23. The van der Waals surface area contributed by atoms with Gasteiger partial charge in [0.15, 0.2) is 0 Å². The Morgan fingerprint density at radius 1 is 1.20 bits per heavy atom. The predicted molar refractivity (Wildman–Crippen MR) is 85.7 cm³/mol. The van der Waals surface area contributed by atoms with E-state index in [4.69, 9.17) is 5.73 Å². The summed E-state index contributed by atoms with van der Waals surface area (Å²) < 4.78 is 0. The van der Waals surface area contributed by atoms with Crippen LogP contribution in [0.4, 0.5) is 0 Å². The molecular weight excluding hydrogens is 244 g/mol. The van der Waals surface area contributed by atoms with Gasteiger partial charge in [-0.15, -0.1) is 0 Å². The van der Waals surface area contributed by atoms with E-state index < -0.39 is 0 Å². The van der Waals surface area contributed by atoms with E-state index in [9.17, 15) is 0 Å². The fraction of sp³-hybridized carbons (Fsp3) is 0.444. The van der Waals surface area contributed by atoms with Crippen molar-refractivity contribution in [2.45, 2.75) is 25.8 Å². The summed E-state index contributed by atoms with van der Waals surface area (Å²) in [5.41, 5.74) is 7.66. The summed E-state index contributed by atoms with van der Waals surface area (Å²) in [6, 6.07) is 15.2. The van der Waals surface area contributed by atoms with Crippen molar-refractivity contribution in [1.82, 2.24) is 4.90 Å². The maximum Gasteiger partial charge on any atom is 0.0424 e. The zero-order chi connectivity index (χ0) is 13.9. The van der Waals surface area contributed by atoms with Crippen molar-refractivity contribution in [2.24, 2.45) is 11.7 Å². The average Bonchev–Trinajstić information content (AvgIpc) is 2.94. The van der Waals surface area contributed by atoms with Crippen LogP contribution < -0.4 is 5.73 Å². The molecule has 0 saturated carbocycles. The van der Waals surface area contributed by atoms with Gasteiger partial charge < -0.3 is 10.6 Å². The van der Waals surface area contributed by atoms with Gasteiger partial charge in [-0.3, -0.25) is 0 Å². The molecule has 0 amide bonds. The molecule has 1 saturated heterocycles. The first-order valence-corrected chi connectivity index (χ1v) is 7.73. The van der Waals surface area contributed by atoms with Gasteiger partial charge in [0.1, 0.15) is 0 Å². The van der Waals surface area contributed by atoms with Gasteiger partial charge in [0.25, 0.3) is 0 Å². The molecule has 0 bridgehead atoms. The molecule has 1 heterocycles. The lowest BCUT2D eigenvalue weighted by atomic mass is 10.0. The van der Waals surface area contributed by atoms with Crippen LogP contribution in [-0.4, -0.2) is 24.5 Å². The molecule has 2 aromatic carbocycles. The zero-order valence-corrected chi connectivity index (χ0v) is 12.3. The summed E-state index contributed by atoms with van der Waals surface area (Å²) in [6.07, 6.45) is 2.63. The monoisotopic (exact) mass is 268 g/mol. The number of nitrogens with two attached hydrogens (primary N) is 1. The summed E-state index contributed by atoms with van der Waals surface area (Å²) in [5.74, 6) is 0.874. The molecule has 2 nitrogen and oxygen atoms in total. The Morgan fingerprint density at radius 3 is 2.75 bits per heavy atom. The van der Waals surface area contributed by atoms with Crippen molar-refractivity contribution in [3.63, 3.8) is 0 Å². The van der Waals surface area contributed by atoms with Gasteiger partial charge in [0.05, 0.1) is 0 Å². The van der Waals surface area contributed by atoms with Crippen molar-refractivity contribution in [2.75, 3.05) is 19.6 Å². The highest BCUT2D eigenvalue weighted by atomic mass is 15.2. The van der Waals surface area contributed by atoms with E-state index in [1.807, 2.05) is 0 Å². The van der Waals surface area contributed by atoms with Gasteiger partial charge >= 0.3 is 0 Å². The van der Waals surface area contributed by atoms with E-state index in [0.29, 0.717) is 0 Å². The molecule has 1 aliphatic rings. The van der Waals surface area contributed by atoms with Crippen molar-refractivity contribution >= 4 is 10.8 Å². The highest BCUT2D eigenvalue weighted by Gasteiger charge is 2.22. The molecule has 2 atom stereocenters. The summed E-state index contributed by atoms with van der Waals surface area (Å²) in [6.45, 7) is 5.70. The van der Waals surface area contributed by atoms with Crippen LogP contribution in [-0.2, 0) is 0 Å². The Hall–Kier alpha value is -1.38. The van der Waals surface area contributed by atoms with Crippen molar-refractivity contribution in [3.8, 4) is 0 Å². The van der Waals surface area contributed by atoms with E-state index >= 15 is 0 Å². The van der Waals surface area contributed by atoms with Crippen molar-refractivity contribution in [3.05, 3.63) is 48.0 Å². The number of nitrogens with zero attached hydrogens (tertiary/aromatic N) is 1. The number of likely N-dealkylation sites (tertiary alicyclic amines) is 1. The molecular formula is C18H24N2. The molecule has 0 aliphatic carbocycles. The second-order valence-electron chi connectivity index (χ2n) is 6.04. The molecule has 3 rings (SSSR count). The van der Waals surface area contributed by atoms with Crippen molar-refractivity contribution in [1.29, 1.82) is 0 Å². The normalized spacial score (nSPS) is 21.4. The van der Waals surface area contributed by atoms with Crippen LogP contribution in [0, 0.1) is 5.92 Å². The smallest absolute Gasteiger partial charge is 0.0424 e. The van der Waals surface area contributed by atoms with Crippen LogP contribution in [0.1, 0.15) is 31.4 Å². The first-order valence-electron chi connectivity index (χ1n) is 7.73. The Morgan fingerprint density at radius 2 is 2.00 bits per heavy atom. The minimum atomic E-state index is 0.121. The van der Waals surface area contributed by atoms with Crippen LogP contribution in [0.25, 0.3) is 10.8 Å². The van der Waals surface area contributed by atoms with Gasteiger partial charge in [0.2, 0.25) is 0 Å². The van der Waals surface area contributed by atoms with Gasteiger partial charge in [-0.05, 0) is 41.3 Å². The third kappa shape index (κ3) is 2.87. The van der Waals surface area contributed by atoms with E-state index in [1.54, 1.807) is 0 Å². The van der Waals surface area contributed by atoms with Crippen LogP contribution in [0.3, 0.4) is 0 Å². The molecule has 20 heavy (non-hydrogen) atoms. The quantitative estimate of drug-likeness (QED) is 0.918. The Balaban J connectivity index is 1.70. The largest absolute Gasteiger partial charge is 0.323 e. The second-order valence-corrected chi connectivity index (χ2v) is 6.04. The van der Waals surface area contributed by atoms with Gasteiger partial charge in [-0.25, -0.2) is 0 Å². The zero-order valence-electron chi connectivity index (χ0n) is 12.3. The molecule has 2 aromatic rings. The fourth-order valence-electron chi connectivity index (χ4n) is 3.23. The molecule has 0 spiro atoms. The molecule has 1 fully saturated rings. The Bertz CT molecular complexity index is 578. The minimum Gasteiger partial charge on any atom is -0.323 e. The predicted octanol–water partition coefficient (Wildman–Crippen LogP) is 3.57. The van der Waals surface area contributed by atoms with Crippen LogP contribution in [0.2, 0.25) is 0 Å². The topological polar surface area (TPSA) is 29.3 Å². The molecule has 2 N–H and O–H groups in total. The van der Waals surface area contributed by atoms with E-state index in [-0.39, 0.29) is 6.04 Å². The number of benzene rings is 2. The number of hydrogen-bond donors (Lipinski definition) is 1. The van der Waals surface area contributed by atoms with Crippen LogP contribution in [0.5, 0.6) is 0 Å². The summed E-state index contributed by atoms with van der Waals surface area (Å²) >= 11 is 0. The maximum absolute atomic E-state index is 6.41. The summed E-state index contributed by atoms with van der Waals surface area (Å²) in [5, 5.41) is 2.57. The molecule has 2 heteroatoms. The molecule has 2 unspecified atom stereocenters. The van der Waals surface area contributed by atoms with Gasteiger partial charge in [-0.2, -0.15) is 0 Å². The Labute approximate surface area is 121 Å². The SMILES string of the molecule is CCC1CCN(CC(N)c2ccc3ccccc3c2)C1. The summed E-state index contributed by atoms with van der Waals surface area (Å²) in [4.78, 5) is 2.52. The first kappa shape index (κ1) is 13.6. The third-order valence-corrected chi connectivity index (χ3v) is 4.60. The lowest BCUT2D eigenvalue weighted by molar-refractivity contribution is 0.302. The number of rotatable bonds is 4. The maximum atomic E-state index is 6.41. The highest BCUT2D eigenvalue weighted by molar-refractivity contribution is 5.83. The first-order chi connectivity index (χ1) is 9.76. The lowest BCUT2D eigenvalue weighted by Crippen LogP contribution is -2.30. The van der Waals surface area contributed by atoms with Crippen LogP contribution in [0.15, 0.2) is 42.5 Å². The third-order valence-electron chi connectivity index (χ3n) is 4.60. The highest BCUT2D eigenvalue weighted by Crippen LogP contribution is 2.23. The molecule has 106 valence electrons. The Kier molecular flexibility index (Phi) is 4.04. The average molecular weight is 268 g/mol. The van der Waals surface area contributed by atoms with Crippen LogP contribution >= 0.6 is 0 Å². The standard InChI is InChI=1S/C18H24N2/c1-2-14-9-10-20(12-14)13-18(19)17-8-7-15-5-3-4-6-16(15)11-17/h3-8,11,14,18H,2,9-10,12-13,19H2,1H3. The van der Waals surface area contributed by atoms with E-state index in [1.165, 1.54) is 42.3 Å².